The average molecular weight is 725 g/mol. The van der Waals surface area contributed by atoms with Gasteiger partial charge in [-0.2, -0.15) is 5.10 Å². The number of nitrogens with zero attached hydrogens (tertiary/aromatic N) is 3. The van der Waals surface area contributed by atoms with Gasteiger partial charge in [-0.15, -0.1) is 0 Å². The number of nitrogens with one attached hydrogen (secondary N) is 2. The lowest BCUT2D eigenvalue weighted by Gasteiger charge is -2.16. The van der Waals surface area contributed by atoms with Crippen LogP contribution in [0.5, 0.6) is 17.2 Å². The maximum absolute atomic E-state index is 13.3. The number of aromatic hydroxyl groups is 1. The molecule has 49 heavy (non-hydrogen) atoms. The van der Waals surface area contributed by atoms with Crippen molar-refractivity contribution in [2.24, 2.45) is 0 Å². The molecule has 0 saturated carbocycles. The van der Waals surface area contributed by atoms with Crippen LogP contribution in [0, 0.1) is 6.92 Å². The molecule has 0 fully saturated rings. The van der Waals surface area contributed by atoms with E-state index >= 15 is 0 Å². The number of methoxy groups -OCH3 is 1. The number of ether oxygens (including phenoxy) is 2. The van der Waals surface area contributed by atoms with Gasteiger partial charge in [0, 0.05) is 35.9 Å². The molecule has 256 valence electrons. The van der Waals surface area contributed by atoms with Gasteiger partial charge in [0.25, 0.3) is 5.56 Å². The molecule has 0 spiro atoms. The van der Waals surface area contributed by atoms with Gasteiger partial charge in [0.15, 0.2) is 0 Å². The molecular weight excluding hydrogens is 689 g/mol. The van der Waals surface area contributed by atoms with Crippen LogP contribution in [0.3, 0.4) is 0 Å². The van der Waals surface area contributed by atoms with Crippen LogP contribution < -0.4 is 25.7 Å². The van der Waals surface area contributed by atoms with E-state index in [-0.39, 0.29) is 52.2 Å². The van der Waals surface area contributed by atoms with Gasteiger partial charge in [0.1, 0.15) is 34.7 Å². The highest BCUT2D eigenvalue weighted by Crippen LogP contribution is 2.31. The third kappa shape index (κ3) is 8.33. The van der Waals surface area contributed by atoms with Crippen LogP contribution in [-0.2, 0) is 25.1 Å². The molecule has 0 atom stereocenters. The van der Waals surface area contributed by atoms with Crippen molar-refractivity contribution < 1.29 is 19.4 Å². The largest absolute Gasteiger partial charge is 0.506 e. The lowest BCUT2D eigenvalue weighted by Crippen LogP contribution is -2.29. The number of halogens is 3. The molecule has 2 aromatic heterocycles. The quantitative estimate of drug-likeness (QED) is 0.133. The molecule has 5 aromatic rings. The average Bonchev–Trinajstić information content (AvgIpc) is 3.50. The molecule has 13 heteroatoms. The lowest BCUT2D eigenvalue weighted by molar-refractivity contribution is 0.251. The third-order valence-electron chi connectivity index (χ3n) is 7.81. The number of rotatable bonds is 10. The highest BCUT2D eigenvalue weighted by Gasteiger charge is 2.22. The fraction of sp³-hybridized carbons (Fsp3) is 0.250. The zero-order chi connectivity index (χ0) is 35.5. The SMILES string of the molecule is COc1cc(Cn2c(C)cc(OCc3ccccc3CNC(=O)Nc3cc(C(C)(C)C)nn3-c3ccc(Cl)c(O)c3)c(Cl)c2=O)ccc1Cl. The first-order valence-electron chi connectivity index (χ1n) is 15.3. The van der Waals surface area contributed by atoms with Crippen molar-refractivity contribution >= 4 is 46.7 Å². The van der Waals surface area contributed by atoms with Gasteiger partial charge in [-0.25, -0.2) is 9.48 Å². The predicted octanol–water partition coefficient (Wildman–Crippen LogP) is 8.26. The fourth-order valence-corrected chi connectivity index (χ4v) is 5.55. The maximum Gasteiger partial charge on any atom is 0.320 e. The monoisotopic (exact) mass is 723 g/mol. The number of urea groups is 1. The number of phenolic OH excluding ortho intramolecular Hbond substituents is 1. The summed E-state index contributed by atoms with van der Waals surface area (Å²) in [4.78, 5) is 26.4. The smallest absolute Gasteiger partial charge is 0.320 e. The number of aryl methyl sites for hydroxylation is 1. The Balaban J connectivity index is 1.28. The van der Waals surface area contributed by atoms with Gasteiger partial charge in [0.05, 0.1) is 35.1 Å². The van der Waals surface area contributed by atoms with E-state index in [1.807, 2.05) is 51.1 Å². The first-order valence-corrected chi connectivity index (χ1v) is 16.4. The highest BCUT2D eigenvalue weighted by atomic mass is 35.5. The minimum Gasteiger partial charge on any atom is -0.506 e. The van der Waals surface area contributed by atoms with Gasteiger partial charge >= 0.3 is 6.03 Å². The number of carbonyl (C=O) groups is 1. The molecule has 10 nitrogen and oxygen atoms in total. The minimum atomic E-state index is -0.462. The molecular formula is C36H36Cl3N5O5. The summed E-state index contributed by atoms with van der Waals surface area (Å²) in [7, 11) is 1.53. The summed E-state index contributed by atoms with van der Waals surface area (Å²) in [6.45, 7) is 8.42. The number of pyridine rings is 1. The summed E-state index contributed by atoms with van der Waals surface area (Å²) in [5.41, 5.74) is 3.67. The van der Waals surface area contributed by atoms with Crippen molar-refractivity contribution in [2.45, 2.75) is 52.8 Å². The number of carbonyl (C=O) groups excluding carboxylic acids is 1. The van der Waals surface area contributed by atoms with E-state index in [0.717, 1.165) is 22.4 Å². The first-order chi connectivity index (χ1) is 23.2. The summed E-state index contributed by atoms with van der Waals surface area (Å²) in [6, 6.07) is 20.6. The molecule has 0 radical (unpaired) electrons. The van der Waals surface area contributed by atoms with Gasteiger partial charge < -0.3 is 24.5 Å². The second-order valence-corrected chi connectivity index (χ2v) is 13.6. The molecule has 3 N–H and O–H groups in total. The Morgan fingerprint density at radius 3 is 2.35 bits per heavy atom. The fourth-order valence-electron chi connectivity index (χ4n) is 5.03. The van der Waals surface area contributed by atoms with Gasteiger partial charge in [-0.3, -0.25) is 10.1 Å². The van der Waals surface area contributed by atoms with Crippen LogP contribution in [0.2, 0.25) is 15.1 Å². The van der Waals surface area contributed by atoms with E-state index in [0.29, 0.717) is 28.0 Å². The second kappa shape index (κ2) is 14.9. The summed E-state index contributed by atoms with van der Waals surface area (Å²) >= 11 is 18.7. The van der Waals surface area contributed by atoms with Crippen molar-refractivity contribution in [3.05, 3.63) is 126 Å². The summed E-state index contributed by atoms with van der Waals surface area (Å²) in [5.74, 6) is 1.08. The molecule has 0 bridgehead atoms. The third-order valence-corrected chi connectivity index (χ3v) is 8.79. The van der Waals surface area contributed by atoms with E-state index in [4.69, 9.17) is 44.3 Å². The van der Waals surface area contributed by atoms with Crippen LogP contribution in [0.1, 0.15) is 48.8 Å². The Bertz CT molecular complexity index is 2070. The van der Waals surface area contributed by atoms with E-state index in [9.17, 15) is 14.7 Å². The van der Waals surface area contributed by atoms with E-state index < -0.39 is 6.03 Å². The number of hydrogen-bond acceptors (Lipinski definition) is 6. The Labute approximate surface area is 299 Å². The molecule has 0 aliphatic carbocycles. The zero-order valence-corrected chi connectivity index (χ0v) is 29.9. The van der Waals surface area contributed by atoms with Gasteiger partial charge in [-0.1, -0.05) is 85.9 Å². The topological polar surface area (TPSA) is 120 Å². The van der Waals surface area contributed by atoms with Crippen molar-refractivity contribution in [3.63, 3.8) is 0 Å². The Kier molecular flexibility index (Phi) is 10.8. The van der Waals surface area contributed by atoms with Crippen LogP contribution in [0.25, 0.3) is 5.69 Å². The van der Waals surface area contributed by atoms with Crippen LogP contribution >= 0.6 is 34.8 Å². The van der Waals surface area contributed by atoms with E-state index in [1.54, 1.807) is 52.6 Å². The van der Waals surface area contributed by atoms with Crippen LogP contribution in [0.4, 0.5) is 10.6 Å². The Hall–Kier alpha value is -4.64. The lowest BCUT2D eigenvalue weighted by atomic mass is 9.92. The van der Waals surface area contributed by atoms with Crippen molar-refractivity contribution in [1.29, 1.82) is 0 Å². The number of amides is 2. The number of aromatic nitrogens is 3. The molecule has 0 aliphatic rings. The van der Waals surface area contributed by atoms with Gasteiger partial charge in [-0.05, 0) is 47.9 Å². The number of anilines is 1. The molecule has 5 rings (SSSR count). The molecule has 0 aliphatic heterocycles. The standard InChI is InChI=1S/C36H36Cl3N5O5/c1-21-14-30(33(39)34(46)43(21)19-22-10-12-27(38)29(15-22)48-5)49-20-24-9-7-6-8-23(24)18-40-35(47)41-32-17-31(36(2,3)4)42-44(32)25-11-13-26(37)28(45)16-25/h6-17,45H,18-20H2,1-5H3,(H2,40,41,47). The summed E-state index contributed by atoms with van der Waals surface area (Å²) in [5, 5.41) is 21.3. The predicted molar refractivity (Wildman–Crippen MR) is 193 cm³/mol. The number of hydrogen-bond donors (Lipinski definition) is 3. The van der Waals surface area contributed by atoms with Crippen LogP contribution in [-0.4, -0.2) is 32.6 Å². The molecule has 3 aromatic carbocycles. The van der Waals surface area contributed by atoms with E-state index in [1.165, 1.54) is 13.2 Å². The number of phenols is 1. The molecule has 0 unspecified atom stereocenters. The molecule has 2 heterocycles. The minimum absolute atomic E-state index is 0.0400. The van der Waals surface area contributed by atoms with Crippen LogP contribution in [0.15, 0.2) is 77.6 Å². The molecule has 2 amide bonds. The Morgan fingerprint density at radius 1 is 0.939 bits per heavy atom. The number of benzene rings is 3. The van der Waals surface area contributed by atoms with Crippen molar-refractivity contribution in [3.8, 4) is 22.9 Å². The van der Waals surface area contributed by atoms with Crippen molar-refractivity contribution in [1.82, 2.24) is 19.7 Å². The molecule has 0 saturated heterocycles. The second-order valence-electron chi connectivity index (χ2n) is 12.4. The summed E-state index contributed by atoms with van der Waals surface area (Å²) < 4.78 is 14.5. The Morgan fingerprint density at radius 2 is 1.65 bits per heavy atom. The summed E-state index contributed by atoms with van der Waals surface area (Å²) in [6.07, 6.45) is 0. The maximum atomic E-state index is 13.3. The highest BCUT2D eigenvalue weighted by molar-refractivity contribution is 6.32. The van der Waals surface area contributed by atoms with Crippen molar-refractivity contribution in [2.75, 3.05) is 12.4 Å². The first kappa shape index (κ1) is 35.7. The normalized spacial score (nSPS) is 11.3. The van der Waals surface area contributed by atoms with E-state index in [2.05, 4.69) is 15.7 Å². The zero-order valence-electron chi connectivity index (χ0n) is 27.6. The van der Waals surface area contributed by atoms with Gasteiger partial charge in [0.2, 0.25) is 0 Å².